The molecule has 4 rings (SSSR count). The van der Waals surface area contributed by atoms with E-state index in [2.05, 4.69) is 41.2 Å². The van der Waals surface area contributed by atoms with Gasteiger partial charge in [0, 0.05) is 0 Å². The lowest BCUT2D eigenvalue weighted by Crippen LogP contribution is -2.56. The molecule has 0 aromatic carbocycles. The van der Waals surface area contributed by atoms with E-state index in [0.29, 0.717) is 10.8 Å². The first kappa shape index (κ1) is 24.8. The largest absolute Gasteiger partial charge is 0.390 e. The Morgan fingerprint density at radius 2 is 1.66 bits per heavy atom. The Hall–Kier alpha value is -0.300. The fraction of sp³-hybridized carbons (Fsp3) is 0.935. The summed E-state index contributed by atoms with van der Waals surface area (Å²) in [6.07, 6.45) is 20.2. The van der Waals surface area contributed by atoms with Gasteiger partial charge in [-0.05, 0) is 123 Å². The molecule has 0 aromatic heterocycles. The molecule has 4 aliphatic carbocycles. The Morgan fingerprint density at radius 3 is 2.38 bits per heavy atom. The van der Waals surface area contributed by atoms with Crippen molar-refractivity contribution in [2.24, 2.45) is 52.3 Å². The van der Waals surface area contributed by atoms with Gasteiger partial charge in [0.25, 0.3) is 0 Å². The van der Waals surface area contributed by atoms with Crippen molar-refractivity contribution >= 4 is 0 Å². The van der Waals surface area contributed by atoms with E-state index in [1.165, 1.54) is 64.2 Å². The summed E-state index contributed by atoms with van der Waals surface area (Å²) < 4.78 is 0. The molecule has 0 amide bonds. The van der Waals surface area contributed by atoms with Crippen LogP contribution in [-0.2, 0) is 0 Å². The maximum atomic E-state index is 11.3. The molecule has 1 heteroatoms. The van der Waals surface area contributed by atoms with Crippen molar-refractivity contribution in [2.45, 2.75) is 130 Å². The van der Waals surface area contributed by atoms with E-state index in [4.69, 9.17) is 0 Å². The van der Waals surface area contributed by atoms with Crippen molar-refractivity contribution in [3.63, 3.8) is 0 Å². The fourth-order valence-corrected chi connectivity index (χ4v) is 9.94. The highest BCUT2D eigenvalue weighted by molar-refractivity contribution is 5.11. The lowest BCUT2D eigenvalue weighted by molar-refractivity contribution is -0.153. The molecule has 9 atom stereocenters. The topological polar surface area (TPSA) is 20.2 Å². The smallest absolute Gasteiger partial charge is 0.0653 e. The molecule has 4 saturated carbocycles. The van der Waals surface area contributed by atoms with E-state index in [1.54, 1.807) is 0 Å². The summed E-state index contributed by atoms with van der Waals surface area (Å²) in [6, 6.07) is 0. The number of hydrogen-bond donors (Lipinski definition) is 1. The van der Waals surface area contributed by atoms with E-state index in [-0.39, 0.29) is 0 Å². The molecule has 0 heterocycles. The molecule has 0 aliphatic heterocycles. The van der Waals surface area contributed by atoms with Gasteiger partial charge in [-0.2, -0.15) is 0 Å². The maximum Gasteiger partial charge on any atom is 0.0653 e. The molecular weight excluding hydrogens is 388 g/mol. The third kappa shape index (κ3) is 4.38. The van der Waals surface area contributed by atoms with E-state index in [1.807, 2.05) is 6.08 Å². The van der Waals surface area contributed by atoms with Gasteiger partial charge in [-0.1, -0.05) is 60.0 Å². The first-order valence-electron chi connectivity index (χ1n) is 14.5. The van der Waals surface area contributed by atoms with E-state index >= 15 is 0 Å². The van der Waals surface area contributed by atoms with Crippen LogP contribution in [0.4, 0.5) is 0 Å². The highest BCUT2D eigenvalue weighted by Crippen LogP contribution is 2.69. The van der Waals surface area contributed by atoms with Crippen LogP contribution in [0.25, 0.3) is 0 Å². The molecule has 0 bridgehead atoms. The molecule has 0 unspecified atom stereocenters. The third-order valence-corrected chi connectivity index (χ3v) is 11.8. The van der Waals surface area contributed by atoms with Crippen LogP contribution in [-0.4, -0.2) is 10.7 Å². The van der Waals surface area contributed by atoms with Crippen LogP contribution in [0.15, 0.2) is 12.7 Å². The molecule has 4 aliphatic rings. The Bertz CT molecular complexity index is 653. The van der Waals surface area contributed by atoms with Crippen LogP contribution < -0.4 is 0 Å². The third-order valence-electron chi connectivity index (χ3n) is 11.8. The van der Waals surface area contributed by atoms with Crippen LogP contribution in [0.5, 0.6) is 0 Å². The predicted molar refractivity (Wildman–Crippen MR) is 137 cm³/mol. The lowest BCUT2D eigenvalue weighted by atomic mass is 9.43. The summed E-state index contributed by atoms with van der Waals surface area (Å²) in [5.41, 5.74) is 0.658. The van der Waals surface area contributed by atoms with Gasteiger partial charge >= 0.3 is 0 Å². The molecule has 1 nitrogen and oxygen atoms in total. The van der Waals surface area contributed by atoms with Crippen molar-refractivity contribution in [3.8, 4) is 0 Å². The number of aliphatic hydroxyl groups is 1. The van der Waals surface area contributed by atoms with Crippen LogP contribution in [0.2, 0.25) is 0 Å². The minimum absolute atomic E-state index is 0.418. The lowest BCUT2D eigenvalue weighted by Gasteiger charge is -2.62. The zero-order valence-electron chi connectivity index (χ0n) is 22.2. The van der Waals surface area contributed by atoms with Crippen LogP contribution in [0, 0.1) is 52.3 Å². The van der Waals surface area contributed by atoms with Crippen LogP contribution in [0.1, 0.15) is 125 Å². The Labute approximate surface area is 200 Å². The number of hydrogen-bond acceptors (Lipinski definition) is 1. The van der Waals surface area contributed by atoms with Crippen molar-refractivity contribution in [1.29, 1.82) is 0 Å². The second-order valence-electron chi connectivity index (χ2n) is 13.9. The molecule has 0 aromatic rings. The Morgan fingerprint density at radius 1 is 0.906 bits per heavy atom. The van der Waals surface area contributed by atoms with Gasteiger partial charge in [0.15, 0.2) is 0 Å². The number of fused-ring (bicyclic) bond motifs is 5. The van der Waals surface area contributed by atoms with Gasteiger partial charge in [-0.25, -0.2) is 0 Å². The zero-order valence-corrected chi connectivity index (χ0v) is 22.2. The minimum atomic E-state index is -0.418. The molecule has 4 fully saturated rings. The van der Waals surface area contributed by atoms with E-state index < -0.39 is 5.60 Å². The second-order valence-corrected chi connectivity index (χ2v) is 13.9. The molecule has 32 heavy (non-hydrogen) atoms. The summed E-state index contributed by atoms with van der Waals surface area (Å²) >= 11 is 0. The fourth-order valence-electron chi connectivity index (χ4n) is 9.94. The Balaban J connectivity index is 1.44. The summed E-state index contributed by atoms with van der Waals surface area (Å²) in [7, 11) is 0. The first-order valence-corrected chi connectivity index (χ1v) is 14.5. The van der Waals surface area contributed by atoms with Crippen LogP contribution >= 0.6 is 0 Å². The Kier molecular flexibility index (Phi) is 7.28. The second kappa shape index (κ2) is 9.39. The zero-order chi connectivity index (χ0) is 23.1. The highest BCUT2D eigenvalue weighted by Gasteiger charge is 2.61. The monoisotopic (exact) mass is 442 g/mol. The minimum Gasteiger partial charge on any atom is -0.390 e. The number of allylic oxidation sites excluding steroid dienone is 1. The van der Waals surface area contributed by atoms with Gasteiger partial charge in [0.2, 0.25) is 0 Å². The number of rotatable bonds is 8. The van der Waals surface area contributed by atoms with Crippen molar-refractivity contribution in [2.75, 3.05) is 0 Å². The summed E-state index contributed by atoms with van der Waals surface area (Å²) in [5.74, 6) is 6.30. The van der Waals surface area contributed by atoms with Gasteiger partial charge in [-0.15, -0.1) is 6.58 Å². The summed E-state index contributed by atoms with van der Waals surface area (Å²) in [5, 5.41) is 11.3. The van der Waals surface area contributed by atoms with Crippen LogP contribution in [0.3, 0.4) is 0 Å². The predicted octanol–water partition coefficient (Wildman–Crippen LogP) is 8.81. The molecule has 1 N–H and O–H groups in total. The van der Waals surface area contributed by atoms with Crippen molar-refractivity contribution in [3.05, 3.63) is 12.7 Å². The van der Waals surface area contributed by atoms with Crippen molar-refractivity contribution < 1.29 is 5.11 Å². The normalized spacial score (nSPS) is 46.9. The quantitative estimate of drug-likeness (QED) is 0.372. The standard InChI is InChI=1S/C31H54O/c1-7-8-17-31(32)20-19-29(5)24(21-31)12-13-25-27-15-14-26(23(4)11-9-10-22(2)3)30(27,6)18-16-28(25)29/h7,22-28,32H,1,8-21H2,2-6H3/t23-,24+,25+,26-,27+,28+,29+,30-,31-/m1/s1. The SMILES string of the molecule is C=CCC[C@@]1(O)CC[C@@]2(C)[C@@H](CC[C@@H]3[C@@H]2CC[C@]2(C)[C@@H]([C@H](C)CCCC(C)C)CC[C@@H]32)C1. The van der Waals surface area contributed by atoms with Gasteiger partial charge < -0.3 is 5.11 Å². The van der Waals surface area contributed by atoms with E-state index in [0.717, 1.165) is 67.1 Å². The first-order chi connectivity index (χ1) is 15.1. The van der Waals surface area contributed by atoms with Crippen molar-refractivity contribution in [1.82, 2.24) is 0 Å². The summed E-state index contributed by atoms with van der Waals surface area (Å²) in [6.45, 7) is 16.6. The average Bonchev–Trinajstić information content (AvgIpc) is 3.10. The molecule has 0 radical (unpaired) electrons. The highest BCUT2D eigenvalue weighted by atomic mass is 16.3. The van der Waals surface area contributed by atoms with Gasteiger partial charge in [0.1, 0.15) is 0 Å². The van der Waals surface area contributed by atoms with Gasteiger partial charge in [-0.3, -0.25) is 0 Å². The molecule has 0 spiro atoms. The molecular formula is C31H54O. The van der Waals surface area contributed by atoms with E-state index in [9.17, 15) is 5.11 Å². The molecule has 184 valence electrons. The van der Waals surface area contributed by atoms with Gasteiger partial charge in [0.05, 0.1) is 5.60 Å². The molecule has 0 saturated heterocycles. The average molecular weight is 443 g/mol. The summed E-state index contributed by atoms with van der Waals surface area (Å²) in [4.78, 5) is 0. The maximum absolute atomic E-state index is 11.3.